The van der Waals surface area contributed by atoms with Gasteiger partial charge in [-0.2, -0.15) is 13.8 Å². The van der Waals surface area contributed by atoms with Crippen molar-refractivity contribution in [1.82, 2.24) is 30.4 Å². The number of nitrogens with zero attached hydrogens (tertiary/aromatic N) is 6. The summed E-state index contributed by atoms with van der Waals surface area (Å²) in [5, 5.41) is 11.2. The van der Waals surface area contributed by atoms with Gasteiger partial charge in [-0.05, 0) is 50.3 Å². The van der Waals surface area contributed by atoms with Crippen LogP contribution in [0, 0.1) is 5.82 Å². The van der Waals surface area contributed by atoms with Crippen LogP contribution < -0.4 is 35.8 Å². The number of halogens is 3. The Morgan fingerprint density at radius 3 is 2.58 bits per heavy atom. The Morgan fingerprint density at radius 1 is 1.02 bits per heavy atom. The van der Waals surface area contributed by atoms with Crippen LogP contribution in [0.3, 0.4) is 0 Å². The molecule has 18 nitrogen and oxygen atoms in total. The summed E-state index contributed by atoms with van der Waals surface area (Å²) in [6.45, 7) is 2.25. The number of methoxy groups -OCH3 is 1. The zero-order chi connectivity index (χ0) is 45.3. The second kappa shape index (κ2) is 18.4. The molecule has 0 spiro atoms. The Bertz CT molecular complexity index is 2360. The van der Waals surface area contributed by atoms with Crippen molar-refractivity contribution in [1.29, 1.82) is 0 Å². The number of amides is 6. The van der Waals surface area contributed by atoms with Crippen LogP contribution in [0.1, 0.15) is 82.4 Å². The molecular weight excluding hydrogens is 842 g/mol. The molecule has 340 valence electrons. The van der Waals surface area contributed by atoms with E-state index in [-0.39, 0.29) is 70.5 Å². The predicted octanol–water partition coefficient (Wildman–Crippen LogP) is 3.45. The van der Waals surface area contributed by atoms with Gasteiger partial charge in [0.2, 0.25) is 17.8 Å². The van der Waals surface area contributed by atoms with Crippen molar-refractivity contribution in [3.05, 3.63) is 59.0 Å². The summed E-state index contributed by atoms with van der Waals surface area (Å²) in [5.41, 5.74) is 0.846. The number of fused-ring (bicyclic) bond motifs is 2. The normalized spacial score (nSPS) is 21.2. The Kier molecular flexibility index (Phi) is 12.7. The summed E-state index contributed by atoms with van der Waals surface area (Å²) in [7, 11) is 2.61. The molecular formula is C43H49F3N10O8. The van der Waals surface area contributed by atoms with Gasteiger partial charge in [0.05, 0.1) is 48.8 Å². The van der Waals surface area contributed by atoms with Gasteiger partial charge in [0.25, 0.3) is 23.6 Å². The average Bonchev–Trinajstić information content (AvgIpc) is 4.02. The number of carbonyl (C=O) groups excluding carboxylic acids is 6. The first-order chi connectivity index (χ1) is 30.7. The van der Waals surface area contributed by atoms with Crippen molar-refractivity contribution in [2.45, 2.75) is 75.4 Å². The lowest BCUT2D eigenvalue weighted by Crippen LogP contribution is -2.54. The van der Waals surface area contributed by atoms with Crippen LogP contribution in [0.5, 0.6) is 5.75 Å². The molecule has 4 N–H and O–H groups in total. The van der Waals surface area contributed by atoms with Gasteiger partial charge in [-0.1, -0.05) is 18.9 Å². The van der Waals surface area contributed by atoms with E-state index in [0.717, 1.165) is 28.7 Å². The second-order valence-electron chi connectivity index (χ2n) is 16.5. The molecule has 21 heteroatoms. The number of imide groups is 2. The van der Waals surface area contributed by atoms with Crippen LogP contribution in [0.25, 0.3) is 0 Å². The molecule has 1 aromatic heterocycles. The van der Waals surface area contributed by atoms with Gasteiger partial charge in [0, 0.05) is 70.1 Å². The van der Waals surface area contributed by atoms with Crippen molar-refractivity contribution < 1.29 is 51.4 Å². The van der Waals surface area contributed by atoms with Gasteiger partial charge >= 0.3 is 5.92 Å². The van der Waals surface area contributed by atoms with E-state index >= 15 is 13.2 Å². The number of rotatable bonds is 15. The molecule has 2 unspecified atom stereocenters. The van der Waals surface area contributed by atoms with E-state index in [1.165, 1.54) is 37.4 Å². The van der Waals surface area contributed by atoms with Crippen molar-refractivity contribution in [2.24, 2.45) is 0 Å². The van der Waals surface area contributed by atoms with E-state index in [1.54, 1.807) is 12.1 Å². The molecule has 2 saturated heterocycles. The lowest BCUT2D eigenvalue weighted by atomic mass is 10.0. The number of alkyl halides is 2. The number of nitrogens with one attached hydrogen (secondary N) is 4. The molecule has 64 heavy (non-hydrogen) atoms. The van der Waals surface area contributed by atoms with Crippen LogP contribution in [-0.2, 0) is 19.1 Å². The lowest BCUT2D eigenvalue weighted by molar-refractivity contribution is -0.140. The number of aromatic nitrogens is 2. The van der Waals surface area contributed by atoms with E-state index in [9.17, 15) is 28.8 Å². The van der Waals surface area contributed by atoms with E-state index in [4.69, 9.17) is 9.47 Å². The minimum atomic E-state index is -3.64. The first-order valence-corrected chi connectivity index (χ1v) is 21.4. The third-order valence-corrected chi connectivity index (χ3v) is 12.3. The smallest absolute Gasteiger partial charge is 0.342 e. The van der Waals surface area contributed by atoms with Gasteiger partial charge in [0.15, 0.2) is 5.82 Å². The molecule has 0 bridgehead atoms. The summed E-state index contributed by atoms with van der Waals surface area (Å²) in [6.07, 6.45) is 5.69. The second-order valence-corrected chi connectivity index (χ2v) is 16.5. The average molecular weight is 891 g/mol. The van der Waals surface area contributed by atoms with Gasteiger partial charge in [0.1, 0.15) is 23.3 Å². The Balaban J connectivity index is 0.799. The van der Waals surface area contributed by atoms with Crippen LogP contribution in [0.2, 0.25) is 0 Å². The minimum Gasteiger partial charge on any atom is -0.495 e. The zero-order valence-electron chi connectivity index (χ0n) is 35.4. The summed E-state index contributed by atoms with van der Waals surface area (Å²) in [5.74, 6) is -8.49. The topological polar surface area (TPSA) is 208 Å². The number of hydrogen-bond donors (Lipinski definition) is 4. The van der Waals surface area contributed by atoms with Crippen molar-refractivity contribution >= 4 is 64.3 Å². The number of hydrogen-bond acceptors (Lipinski definition) is 14. The number of ether oxygens (including phenoxy) is 2. The van der Waals surface area contributed by atoms with Gasteiger partial charge in [-0.15, -0.1) is 0 Å². The fourth-order valence-electron chi connectivity index (χ4n) is 8.99. The van der Waals surface area contributed by atoms with Crippen LogP contribution in [-0.4, -0.2) is 139 Å². The van der Waals surface area contributed by atoms with Crippen LogP contribution >= 0.6 is 0 Å². The third-order valence-electron chi connectivity index (χ3n) is 12.3. The summed E-state index contributed by atoms with van der Waals surface area (Å²) in [4.78, 5) is 90.6. The Morgan fingerprint density at radius 2 is 1.81 bits per heavy atom. The molecule has 3 aromatic rings. The minimum absolute atomic E-state index is 0.0371. The first kappa shape index (κ1) is 44.3. The SMILES string of the molecule is COc1cc(C(=O)NC2CCN(CCOCCCNc3cccc4c3C(=O)N(C3CCC(=O)NC3=O)C4=O)C2)c(F)cc1Nc1ncc2c(n1)N(C1CCCC1)CC(F)(F)C(=O)N2C. The van der Waals surface area contributed by atoms with Crippen LogP contribution in [0.15, 0.2) is 36.5 Å². The maximum absolute atomic E-state index is 15.6. The molecule has 8 rings (SSSR count). The Labute approximate surface area is 366 Å². The standard InChI is InChI=1S/C43H49F3N10O8/c1-53-32-21-48-42(52-36(32)55(25-7-3-4-8-25)23-43(45,46)41(53)62)50-30-20-28(44)27(19-33(30)63-2)37(58)49-24-13-15-54(22-24)16-18-64-17-6-14-47-29-10-5-9-26-35(29)40(61)56(39(26)60)31-11-12-34(57)51-38(31)59/h5,9-10,19-21,24-25,31,47H,3-4,6-8,11-18,22-23H2,1-2H3,(H,49,58)(H,48,50,52)(H,51,57,59). The molecule has 2 aromatic carbocycles. The van der Waals surface area contributed by atoms with Gasteiger partial charge < -0.3 is 35.2 Å². The van der Waals surface area contributed by atoms with E-state index < -0.39 is 59.8 Å². The monoisotopic (exact) mass is 890 g/mol. The number of anilines is 5. The highest BCUT2D eigenvalue weighted by molar-refractivity contribution is 6.25. The lowest BCUT2D eigenvalue weighted by Gasteiger charge is -2.31. The summed E-state index contributed by atoms with van der Waals surface area (Å²) < 4.78 is 57.0. The van der Waals surface area contributed by atoms with Gasteiger partial charge in [-0.25, -0.2) is 9.37 Å². The van der Waals surface area contributed by atoms with Crippen molar-refractivity contribution in [2.75, 3.05) is 80.5 Å². The molecule has 1 saturated carbocycles. The number of carbonyl (C=O) groups is 6. The number of benzene rings is 2. The van der Waals surface area contributed by atoms with Gasteiger partial charge in [-0.3, -0.25) is 43.9 Å². The fraction of sp³-hybridized carbons (Fsp3) is 0.488. The quantitative estimate of drug-likeness (QED) is 0.127. The molecule has 3 fully saturated rings. The molecule has 5 aliphatic rings. The molecule has 6 amide bonds. The summed E-state index contributed by atoms with van der Waals surface area (Å²) in [6, 6.07) is 5.70. The highest BCUT2D eigenvalue weighted by Crippen LogP contribution is 2.40. The van der Waals surface area contributed by atoms with Crippen LogP contribution in [0.4, 0.5) is 42.0 Å². The molecule has 0 radical (unpaired) electrons. The number of piperidine rings is 1. The highest BCUT2D eigenvalue weighted by Gasteiger charge is 2.49. The summed E-state index contributed by atoms with van der Waals surface area (Å²) >= 11 is 0. The van der Waals surface area contributed by atoms with Crippen molar-refractivity contribution in [3.63, 3.8) is 0 Å². The molecule has 1 aliphatic carbocycles. The molecule has 2 atom stereocenters. The molecule has 4 aliphatic heterocycles. The maximum atomic E-state index is 15.6. The molecule has 5 heterocycles. The van der Waals surface area contributed by atoms with E-state index in [1.807, 2.05) is 0 Å². The van der Waals surface area contributed by atoms with E-state index in [0.29, 0.717) is 70.8 Å². The predicted molar refractivity (Wildman–Crippen MR) is 226 cm³/mol. The largest absolute Gasteiger partial charge is 0.495 e. The first-order valence-electron chi connectivity index (χ1n) is 21.4. The number of likely N-dealkylation sites (tertiary alicyclic amines) is 1. The third kappa shape index (κ3) is 8.90. The fourth-order valence-corrected chi connectivity index (χ4v) is 8.99. The van der Waals surface area contributed by atoms with Crippen molar-refractivity contribution in [3.8, 4) is 5.75 Å². The van der Waals surface area contributed by atoms with E-state index in [2.05, 4.69) is 36.1 Å². The zero-order valence-corrected chi connectivity index (χ0v) is 35.4. The highest BCUT2D eigenvalue weighted by atomic mass is 19.3. The maximum Gasteiger partial charge on any atom is 0.342 e. The Hall–Kier alpha value is -6.35.